The van der Waals surface area contributed by atoms with E-state index in [1.54, 1.807) is 0 Å². The predicted molar refractivity (Wildman–Crippen MR) is 60.5 cm³/mol. The number of carbonyl (C=O) groups excluding carboxylic acids is 1. The van der Waals surface area contributed by atoms with Gasteiger partial charge in [-0.15, -0.1) is 0 Å². The molecule has 1 heterocycles. The molecule has 2 aliphatic rings. The summed E-state index contributed by atoms with van der Waals surface area (Å²) in [6, 6.07) is 0.453. The van der Waals surface area contributed by atoms with Crippen LogP contribution < -0.4 is 10.6 Å². The third kappa shape index (κ3) is 3.20. The van der Waals surface area contributed by atoms with E-state index >= 15 is 0 Å². The van der Waals surface area contributed by atoms with Crippen molar-refractivity contribution in [2.75, 3.05) is 13.1 Å². The van der Waals surface area contributed by atoms with Crippen molar-refractivity contribution in [3.8, 4) is 0 Å². The van der Waals surface area contributed by atoms with Gasteiger partial charge in [-0.25, -0.2) is 0 Å². The molecule has 2 rings (SSSR count). The summed E-state index contributed by atoms with van der Waals surface area (Å²) in [5.41, 5.74) is 0. The summed E-state index contributed by atoms with van der Waals surface area (Å²) >= 11 is 0. The Balaban J connectivity index is 1.68. The molecule has 2 fully saturated rings. The molecule has 1 amide bonds. The van der Waals surface area contributed by atoms with Crippen LogP contribution in [0.1, 0.15) is 39.0 Å². The molecule has 0 aromatic carbocycles. The highest BCUT2D eigenvalue weighted by Crippen LogP contribution is 2.23. The monoisotopic (exact) mass is 210 g/mol. The molecule has 3 heteroatoms. The lowest BCUT2D eigenvalue weighted by molar-refractivity contribution is -0.123. The summed E-state index contributed by atoms with van der Waals surface area (Å²) < 4.78 is 0. The first-order valence-electron chi connectivity index (χ1n) is 6.24. The summed E-state index contributed by atoms with van der Waals surface area (Å²) in [5.74, 6) is 1.64. The molecular weight excluding hydrogens is 188 g/mol. The average molecular weight is 210 g/mol. The molecule has 1 aliphatic heterocycles. The van der Waals surface area contributed by atoms with Crippen LogP contribution in [0.25, 0.3) is 0 Å². The zero-order valence-electron chi connectivity index (χ0n) is 9.59. The number of rotatable bonds is 3. The molecule has 0 radical (unpaired) electrons. The van der Waals surface area contributed by atoms with Gasteiger partial charge in [0.2, 0.25) is 5.91 Å². The van der Waals surface area contributed by atoms with Gasteiger partial charge in [-0.3, -0.25) is 4.79 Å². The summed E-state index contributed by atoms with van der Waals surface area (Å²) in [4.78, 5) is 11.7. The molecule has 15 heavy (non-hydrogen) atoms. The van der Waals surface area contributed by atoms with Crippen LogP contribution in [0.3, 0.4) is 0 Å². The maximum Gasteiger partial charge on any atom is 0.220 e. The van der Waals surface area contributed by atoms with Crippen molar-refractivity contribution in [1.29, 1.82) is 0 Å². The first kappa shape index (κ1) is 10.9. The Morgan fingerprint density at radius 1 is 1.40 bits per heavy atom. The molecule has 2 atom stereocenters. The first-order chi connectivity index (χ1) is 7.24. The molecule has 86 valence electrons. The minimum Gasteiger partial charge on any atom is -0.353 e. The van der Waals surface area contributed by atoms with Crippen molar-refractivity contribution < 1.29 is 4.79 Å². The Morgan fingerprint density at radius 2 is 2.20 bits per heavy atom. The fraction of sp³-hybridized carbons (Fsp3) is 0.917. The van der Waals surface area contributed by atoms with Gasteiger partial charge in [0, 0.05) is 12.5 Å². The van der Waals surface area contributed by atoms with Gasteiger partial charge in [-0.1, -0.05) is 19.8 Å². The minimum absolute atomic E-state index is 0.264. The van der Waals surface area contributed by atoms with Crippen molar-refractivity contribution in [2.45, 2.75) is 45.1 Å². The predicted octanol–water partition coefficient (Wildman–Crippen LogP) is 1.29. The van der Waals surface area contributed by atoms with Crippen LogP contribution >= 0.6 is 0 Å². The van der Waals surface area contributed by atoms with E-state index in [4.69, 9.17) is 0 Å². The Labute approximate surface area is 92.0 Å². The molecule has 1 saturated heterocycles. The lowest BCUT2D eigenvalue weighted by Crippen LogP contribution is -2.46. The van der Waals surface area contributed by atoms with Crippen LogP contribution in [0.2, 0.25) is 0 Å². The summed E-state index contributed by atoms with van der Waals surface area (Å²) in [7, 11) is 0. The number of carbonyl (C=O) groups is 1. The third-order valence-electron chi connectivity index (χ3n) is 3.64. The van der Waals surface area contributed by atoms with Crippen molar-refractivity contribution >= 4 is 5.91 Å². The summed E-state index contributed by atoms with van der Waals surface area (Å²) in [6.45, 7) is 4.33. The highest BCUT2D eigenvalue weighted by Gasteiger charge is 2.23. The van der Waals surface area contributed by atoms with E-state index < -0.39 is 0 Å². The third-order valence-corrected chi connectivity index (χ3v) is 3.64. The lowest BCUT2D eigenvalue weighted by Gasteiger charge is -2.30. The SMILES string of the molecule is CC1CCCC(NC(=O)CC2CNC2)C1. The van der Waals surface area contributed by atoms with Crippen LogP contribution in [0.5, 0.6) is 0 Å². The van der Waals surface area contributed by atoms with Gasteiger partial charge in [0.15, 0.2) is 0 Å². The zero-order valence-corrected chi connectivity index (χ0v) is 9.59. The van der Waals surface area contributed by atoms with Gasteiger partial charge < -0.3 is 10.6 Å². The lowest BCUT2D eigenvalue weighted by atomic mass is 9.87. The fourth-order valence-electron chi connectivity index (χ4n) is 2.61. The molecule has 0 bridgehead atoms. The Kier molecular flexibility index (Phi) is 3.62. The highest BCUT2D eigenvalue weighted by atomic mass is 16.1. The van der Waals surface area contributed by atoms with Crippen LogP contribution in [0, 0.1) is 11.8 Å². The van der Waals surface area contributed by atoms with Crippen molar-refractivity contribution in [3.63, 3.8) is 0 Å². The maximum atomic E-state index is 11.7. The number of amides is 1. The maximum absolute atomic E-state index is 11.7. The van der Waals surface area contributed by atoms with Crippen molar-refractivity contribution in [2.24, 2.45) is 11.8 Å². The number of hydrogen-bond acceptors (Lipinski definition) is 2. The topological polar surface area (TPSA) is 41.1 Å². The van der Waals surface area contributed by atoms with E-state index in [0.29, 0.717) is 12.0 Å². The van der Waals surface area contributed by atoms with E-state index in [2.05, 4.69) is 17.6 Å². The molecule has 0 aromatic rings. The van der Waals surface area contributed by atoms with E-state index in [0.717, 1.165) is 25.4 Å². The summed E-state index contributed by atoms with van der Waals surface area (Å²) in [6.07, 6.45) is 5.68. The highest BCUT2D eigenvalue weighted by molar-refractivity contribution is 5.76. The molecule has 1 aliphatic carbocycles. The molecule has 0 aromatic heterocycles. The van der Waals surface area contributed by atoms with Crippen molar-refractivity contribution in [3.05, 3.63) is 0 Å². The Hall–Kier alpha value is -0.570. The Bertz CT molecular complexity index is 226. The standard InChI is InChI=1S/C12H22N2O/c1-9-3-2-4-11(5-9)14-12(15)6-10-7-13-8-10/h9-11,13H,2-8H2,1H3,(H,14,15). The molecular formula is C12H22N2O. The average Bonchev–Trinajstić information content (AvgIpc) is 2.11. The van der Waals surface area contributed by atoms with E-state index in [1.165, 1.54) is 25.7 Å². The number of nitrogens with one attached hydrogen (secondary N) is 2. The van der Waals surface area contributed by atoms with Crippen LogP contribution in [-0.4, -0.2) is 25.0 Å². The first-order valence-corrected chi connectivity index (χ1v) is 6.24. The summed E-state index contributed by atoms with van der Waals surface area (Å²) in [5, 5.41) is 6.38. The van der Waals surface area contributed by atoms with E-state index in [9.17, 15) is 4.79 Å². The van der Waals surface area contributed by atoms with Gasteiger partial charge in [-0.05, 0) is 37.8 Å². The smallest absolute Gasteiger partial charge is 0.220 e. The fourth-order valence-corrected chi connectivity index (χ4v) is 2.61. The normalized spacial score (nSPS) is 32.1. The molecule has 1 saturated carbocycles. The van der Waals surface area contributed by atoms with Crippen LogP contribution in [-0.2, 0) is 4.79 Å². The van der Waals surface area contributed by atoms with Gasteiger partial charge in [0.05, 0.1) is 0 Å². The van der Waals surface area contributed by atoms with Gasteiger partial charge in [0.1, 0.15) is 0 Å². The van der Waals surface area contributed by atoms with Gasteiger partial charge >= 0.3 is 0 Å². The van der Waals surface area contributed by atoms with E-state index in [-0.39, 0.29) is 5.91 Å². The second-order valence-corrected chi connectivity index (χ2v) is 5.26. The largest absolute Gasteiger partial charge is 0.353 e. The van der Waals surface area contributed by atoms with E-state index in [1.807, 2.05) is 0 Å². The molecule has 2 unspecified atom stereocenters. The van der Waals surface area contributed by atoms with Crippen molar-refractivity contribution in [1.82, 2.24) is 10.6 Å². The quantitative estimate of drug-likeness (QED) is 0.737. The second-order valence-electron chi connectivity index (χ2n) is 5.26. The molecule has 0 spiro atoms. The minimum atomic E-state index is 0.264. The van der Waals surface area contributed by atoms with Gasteiger partial charge in [0.25, 0.3) is 0 Å². The second kappa shape index (κ2) is 4.97. The molecule has 3 nitrogen and oxygen atoms in total. The van der Waals surface area contributed by atoms with Crippen LogP contribution in [0.15, 0.2) is 0 Å². The number of hydrogen-bond donors (Lipinski definition) is 2. The zero-order chi connectivity index (χ0) is 10.7. The molecule has 2 N–H and O–H groups in total. The van der Waals surface area contributed by atoms with Gasteiger partial charge in [-0.2, -0.15) is 0 Å². The Morgan fingerprint density at radius 3 is 2.80 bits per heavy atom. The van der Waals surface area contributed by atoms with Crippen LogP contribution in [0.4, 0.5) is 0 Å².